The van der Waals surface area contributed by atoms with E-state index in [9.17, 15) is 24.9 Å². The van der Waals surface area contributed by atoms with Crippen LogP contribution in [-0.4, -0.2) is 71.5 Å². The first kappa shape index (κ1) is 26.3. The summed E-state index contributed by atoms with van der Waals surface area (Å²) in [5, 5.41) is 37.1. The van der Waals surface area contributed by atoms with Gasteiger partial charge < -0.3 is 30.5 Å². The smallest absolute Gasteiger partial charge is 0.374 e. The number of aliphatic hydroxyl groups excluding tert-OH is 2. The van der Waals surface area contributed by atoms with Gasteiger partial charge in [0, 0.05) is 18.9 Å². The summed E-state index contributed by atoms with van der Waals surface area (Å²) in [6.45, 7) is 2.11. The number of imidazole rings is 1. The van der Waals surface area contributed by atoms with Gasteiger partial charge in [-0.25, -0.2) is 19.7 Å². The van der Waals surface area contributed by atoms with Crippen molar-refractivity contribution in [2.24, 2.45) is 0 Å². The van der Waals surface area contributed by atoms with Crippen LogP contribution in [0.15, 0.2) is 67.0 Å². The van der Waals surface area contributed by atoms with Crippen molar-refractivity contribution in [2.75, 3.05) is 11.9 Å². The van der Waals surface area contributed by atoms with Crippen molar-refractivity contribution in [3.8, 4) is 0 Å². The van der Waals surface area contributed by atoms with Crippen LogP contribution in [0.25, 0.3) is 11.2 Å². The Bertz CT molecular complexity index is 1420. The summed E-state index contributed by atoms with van der Waals surface area (Å²) in [4.78, 5) is 36.7. The molecular weight excluding hydrogens is 500 g/mol. The van der Waals surface area contributed by atoms with Crippen LogP contribution < -0.4 is 10.6 Å². The summed E-state index contributed by atoms with van der Waals surface area (Å²) in [7, 11) is 0. The Morgan fingerprint density at radius 2 is 1.64 bits per heavy atom. The molecule has 11 nitrogen and oxygen atoms in total. The van der Waals surface area contributed by atoms with Crippen LogP contribution in [0.2, 0.25) is 0 Å². The van der Waals surface area contributed by atoms with Crippen LogP contribution >= 0.6 is 0 Å². The van der Waals surface area contributed by atoms with Crippen molar-refractivity contribution in [2.45, 2.75) is 50.0 Å². The minimum Gasteiger partial charge on any atom is -0.475 e. The number of carbonyl (C=O) groups is 2. The second-order valence-corrected chi connectivity index (χ2v) is 9.59. The third kappa shape index (κ3) is 5.31. The van der Waals surface area contributed by atoms with E-state index in [0.29, 0.717) is 12.1 Å². The largest absolute Gasteiger partial charge is 0.475 e. The molecule has 1 fully saturated rings. The quantitative estimate of drug-likeness (QED) is 0.219. The Morgan fingerprint density at radius 3 is 2.23 bits per heavy atom. The number of carboxylic acids is 1. The Balaban J connectivity index is 1.49. The lowest BCUT2D eigenvalue weighted by Crippen LogP contribution is -2.42. The van der Waals surface area contributed by atoms with Gasteiger partial charge in [-0.2, -0.15) is 0 Å². The average Bonchev–Trinajstić information content (AvgIpc) is 3.50. The Labute approximate surface area is 224 Å². The van der Waals surface area contributed by atoms with Crippen molar-refractivity contribution >= 4 is 28.9 Å². The molecule has 39 heavy (non-hydrogen) atoms. The second kappa shape index (κ2) is 11.2. The molecule has 5 rings (SSSR count). The molecule has 0 spiro atoms. The van der Waals surface area contributed by atoms with Gasteiger partial charge in [-0.05, 0) is 17.5 Å². The third-order valence-electron chi connectivity index (χ3n) is 7.17. The van der Waals surface area contributed by atoms with Gasteiger partial charge in [0.05, 0.1) is 18.4 Å². The number of carboxylic acid groups (broad SMARTS) is 1. The average molecular weight is 531 g/mol. The normalized spacial score (nSPS) is 20.8. The lowest BCUT2D eigenvalue weighted by atomic mass is 9.91. The Kier molecular flexibility index (Phi) is 7.53. The standard InChI is InChI=1S/C28H30N6O5/c1-2-21(35)31-19-13-20(24(37)23(19)36)34-15-30-22-25(32-26(28(38)39)33-27(22)34)29-14-18(16-9-5-3-6-10-16)17-11-7-4-8-12-17/h3-12,15,18-20,23-24,36-37H,2,13-14H2,1H3,(H,31,35)(H,38,39)(H,29,32,33)/t19-,20+,23+,24-/m0/s1. The van der Waals surface area contributed by atoms with Crippen LogP contribution in [0.1, 0.15) is 53.5 Å². The van der Waals surface area contributed by atoms with Gasteiger partial charge in [0.15, 0.2) is 11.5 Å². The Hall–Kier alpha value is -4.35. The third-order valence-corrected chi connectivity index (χ3v) is 7.17. The molecule has 2 aromatic carbocycles. The van der Waals surface area contributed by atoms with Gasteiger partial charge in [0.2, 0.25) is 11.7 Å². The number of nitrogens with zero attached hydrogens (tertiary/aromatic N) is 4. The summed E-state index contributed by atoms with van der Waals surface area (Å²) in [6.07, 6.45) is -0.496. The van der Waals surface area contributed by atoms with Crippen molar-refractivity contribution in [1.29, 1.82) is 0 Å². The number of hydrogen-bond donors (Lipinski definition) is 5. The highest BCUT2D eigenvalue weighted by atomic mass is 16.4. The molecule has 0 aliphatic heterocycles. The van der Waals surface area contributed by atoms with E-state index in [1.807, 2.05) is 60.7 Å². The SMILES string of the molecule is CCC(=O)N[C@H]1C[C@@H](n2cnc3c(NCC(c4ccccc4)c4ccccc4)nc(C(=O)O)nc32)[C@H](O)[C@@H]1O. The van der Waals surface area contributed by atoms with E-state index < -0.39 is 36.1 Å². The fraction of sp³-hybridized carbons (Fsp3) is 0.321. The zero-order valence-corrected chi connectivity index (χ0v) is 21.3. The minimum atomic E-state index is -1.31. The zero-order valence-electron chi connectivity index (χ0n) is 21.3. The lowest BCUT2D eigenvalue weighted by Gasteiger charge is -2.20. The van der Waals surface area contributed by atoms with E-state index in [0.717, 1.165) is 11.1 Å². The number of aromatic nitrogens is 4. The van der Waals surface area contributed by atoms with Crippen LogP contribution in [0, 0.1) is 0 Å². The van der Waals surface area contributed by atoms with Crippen LogP contribution in [0.4, 0.5) is 5.82 Å². The number of carbonyl (C=O) groups excluding carboxylic acids is 1. The highest BCUT2D eigenvalue weighted by Crippen LogP contribution is 2.34. The molecule has 2 heterocycles. The molecule has 0 radical (unpaired) electrons. The number of benzene rings is 2. The summed E-state index contributed by atoms with van der Waals surface area (Å²) in [5.41, 5.74) is 2.70. The van der Waals surface area contributed by atoms with E-state index in [2.05, 4.69) is 25.6 Å². The maximum absolute atomic E-state index is 11.9. The number of hydrogen-bond acceptors (Lipinski definition) is 8. The van der Waals surface area contributed by atoms with Gasteiger partial charge in [0.25, 0.3) is 0 Å². The molecule has 5 N–H and O–H groups in total. The molecule has 11 heteroatoms. The molecule has 1 saturated carbocycles. The fourth-order valence-electron chi connectivity index (χ4n) is 5.11. The summed E-state index contributed by atoms with van der Waals surface area (Å²) < 4.78 is 1.55. The van der Waals surface area contributed by atoms with E-state index in [1.54, 1.807) is 11.5 Å². The topological polar surface area (TPSA) is 162 Å². The molecule has 0 saturated heterocycles. The summed E-state index contributed by atoms with van der Waals surface area (Å²) in [6, 6.07) is 18.6. The molecule has 4 aromatic rings. The van der Waals surface area contributed by atoms with E-state index in [-0.39, 0.29) is 36.1 Å². The zero-order chi connectivity index (χ0) is 27.5. The number of nitrogens with one attached hydrogen (secondary N) is 2. The number of aliphatic hydroxyl groups is 2. The van der Waals surface area contributed by atoms with Crippen molar-refractivity contribution in [3.63, 3.8) is 0 Å². The van der Waals surface area contributed by atoms with Gasteiger partial charge in [-0.3, -0.25) is 4.79 Å². The highest BCUT2D eigenvalue weighted by molar-refractivity contribution is 5.90. The monoisotopic (exact) mass is 530 g/mol. The minimum absolute atomic E-state index is 0.0532. The number of anilines is 1. The molecule has 202 valence electrons. The van der Waals surface area contributed by atoms with Crippen molar-refractivity contribution < 1.29 is 24.9 Å². The van der Waals surface area contributed by atoms with Crippen LogP contribution in [-0.2, 0) is 4.79 Å². The first-order chi connectivity index (χ1) is 18.9. The van der Waals surface area contributed by atoms with E-state index in [1.165, 1.54) is 6.33 Å². The molecule has 2 aromatic heterocycles. The molecule has 0 bridgehead atoms. The number of aromatic carboxylic acids is 1. The first-order valence-corrected chi connectivity index (χ1v) is 12.8. The van der Waals surface area contributed by atoms with Crippen LogP contribution in [0.5, 0.6) is 0 Å². The van der Waals surface area contributed by atoms with Gasteiger partial charge in [-0.15, -0.1) is 0 Å². The van der Waals surface area contributed by atoms with Gasteiger partial charge >= 0.3 is 5.97 Å². The molecular formula is C28H30N6O5. The van der Waals surface area contributed by atoms with Crippen molar-refractivity contribution in [1.82, 2.24) is 24.8 Å². The van der Waals surface area contributed by atoms with Gasteiger partial charge in [-0.1, -0.05) is 67.6 Å². The first-order valence-electron chi connectivity index (χ1n) is 12.8. The summed E-state index contributed by atoms with van der Waals surface area (Å²) >= 11 is 0. The summed E-state index contributed by atoms with van der Waals surface area (Å²) in [5.74, 6) is -1.78. The van der Waals surface area contributed by atoms with Crippen LogP contribution in [0.3, 0.4) is 0 Å². The van der Waals surface area contributed by atoms with E-state index >= 15 is 0 Å². The maximum Gasteiger partial charge on any atom is 0.374 e. The Morgan fingerprint density at radius 1 is 1.00 bits per heavy atom. The van der Waals surface area contributed by atoms with Crippen molar-refractivity contribution in [3.05, 3.63) is 83.9 Å². The molecule has 1 amide bonds. The molecule has 1 aliphatic rings. The second-order valence-electron chi connectivity index (χ2n) is 9.59. The lowest BCUT2D eigenvalue weighted by molar-refractivity contribution is -0.122. The van der Waals surface area contributed by atoms with Gasteiger partial charge in [0.1, 0.15) is 17.7 Å². The predicted molar refractivity (Wildman–Crippen MR) is 143 cm³/mol. The van der Waals surface area contributed by atoms with E-state index in [4.69, 9.17) is 0 Å². The fourth-order valence-corrected chi connectivity index (χ4v) is 5.11. The number of rotatable bonds is 9. The number of amides is 1. The number of fused-ring (bicyclic) bond motifs is 1. The molecule has 1 aliphatic carbocycles. The molecule has 4 atom stereocenters. The highest BCUT2D eigenvalue weighted by Gasteiger charge is 2.43. The molecule has 0 unspecified atom stereocenters. The predicted octanol–water partition coefficient (Wildman–Crippen LogP) is 2.33. The maximum atomic E-state index is 11.9.